The molecule has 34 heavy (non-hydrogen) atoms. The predicted molar refractivity (Wildman–Crippen MR) is 117 cm³/mol. The fourth-order valence-electron chi connectivity index (χ4n) is 4.65. The van der Waals surface area contributed by atoms with Crippen LogP contribution in [0.2, 0.25) is 0 Å². The second kappa shape index (κ2) is 11.7. The largest absolute Gasteiger partial charge is 0.394 e. The van der Waals surface area contributed by atoms with Crippen molar-refractivity contribution in [2.24, 2.45) is 23.1 Å². The summed E-state index contributed by atoms with van der Waals surface area (Å²) in [6, 6.07) is -2.51. The minimum atomic E-state index is -1.47. The third-order valence-corrected chi connectivity index (χ3v) is 6.74. The van der Waals surface area contributed by atoms with Crippen LogP contribution in [0, 0.1) is 18.3 Å². The first-order chi connectivity index (χ1) is 16.1. The van der Waals surface area contributed by atoms with Gasteiger partial charge in [0.1, 0.15) is 36.6 Å². The van der Waals surface area contributed by atoms with Crippen molar-refractivity contribution >= 4 is 0 Å². The van der Waals surface area contributed by atoms with Gasteiger partial charge in [-0.15, -0.1) is 6.42 Å². The van der Waals surface area contributed by atoms with Crippen LogP contribution in [-0.2, 0) is 14.2 Å². The number of nitrogens with two attached hydrogens (primary N) is 3. The van der Waals surface area contributed by atoms with Crippen molar-refractivity contribution < 1.29 is 44.8 Å². The molecule has 1 heterocycles. The van der Waals surface area contributed by atoms with Gasteiger partial charge >= 0.3 is 0 Å². The van der Waals surface area contributed by atoms with Crippen LogP contribution in [-0.4, -0.2) is 124 Å². The van der Waals surface area contributed by atoms with Crippen LogP contribution in [0.25, 0.3) is 0 Å². The Bertz CT molecular complexity index is 750. The normalized spacial score (nSPS) is 45.7. The highest BCUT2D eigenvalue weighted by atomic mass is 16.7. The minimum Gasteiger partial charge on any atom is -0.394 e. The molecular formula is C21H36N4O9. The summed E-state index contributed by atoms with van der Waals surface area (Å²) in [4.78, 5) is 0. The molecule has 13 atom stereocenters. The highest BCUT2D eigenvalue weighted by Gasteiger charge is 2.50. The molecule has 2 fully saturated rings. The van der Waals surface area contributed by atoms with Crippen LogP contribution in [0.5, 0.6) is 0 Å². The summed E-state index contributed by atoms with van der Waals surface area (Å²) in [5, 5.41) is 64.4. The van der Waals surface area contributed by atoms with Gasteiger partial charge in [0.05, 0.1) is 25.3 Å². The molecular weight excluding hydrogens is 452 g/mol. The lowest BCUT2D eigenvalue weighted by Gasteiger charge is -2.48. The Balaban J connectivity index is 1.77. The highest BCUT2D eigenvalue weighted by Crippen LogP contribution is 2.34. The lowest BCUT2D eigenvalue weighted by molar-refractivity contribution is -0.309. The summed E-state index contributed by atoms with van der Waals surface area (Å²) in [6.07, 6.45) is -4.17. The first-order valence-corrected chi connectivity index (χ1v) is 11.2. The maximum atomic E-state index is 11.1. The number of aliphatic hydroxyl groups excluding tert-OH is 6. The Kier molecular flexibility index (Phi) is 9.40. The van der Waals surface area contributed by atoms with Gasteiger partial charge in [-0.05, 0) is 12.0 Å². The summed E-state index contributed by atoms with van der Waals surface area (Å²) in [5.41, 5.74) is 18.1. The molecule has 3 rings (SSSR count). The maximum absolute atomic E-state index is 11.1. The Labute approximate surface area is 197 Å². The molecule has 1 saturated heterocycles. The Hall–Kier alpha value is -1.22. The van der Waals surface area contributed by atoms with Gasteiger partial charge < -0.3 is 67.4 Å². The van der Waals surface area contributed by atoms with Gasteiger partial charge in [0.25, 0.3) is 0 Å². The van der Waals surface area contributed by atoms with Crippen molar-refractivity contribution in [2.45, 2.75) is 79.9 Å². The number of rotatable bonds is 9. The van der Waals surface area contributed by atoms with E-state index < -0.39 is 86.0 Å². The fraction of sp³-hybridized carbons (Fsp3) is 0.810. The summed E-state index contributed by atoms with van der Waals surface area (Å²) < 4.78 is 17.0. The van der Waals surface area contributed by atoms with E-state index in [4.69, 9.17) is 37.8 Å². The van der Waals surface area contributed by atoms with Gasteiger partial charge in [0.2, 0.25) is 0 Å². The molecule has 13 heteroatoms. The first-order valence-electron chi connectivity index (χ1n) is 11.2. The molecule has 0 radical (unpaired) electrons. The molecule has 1 saturated carbocycles. The zero-order chi connectivity index (χ0) is 25.2. The number of hydrogen-bond donors (Lipinski definition) is 10. The van der Waals surface area contributed by atoms with E-state index in [1.807, 2.05) is 0 Å². The SMILES string of the molecule is C#CCN[C@@H]1CC(N)[C@@H](O[C@@H](O)C2=C[C@H](O)C2CN)C(O)[C@@H]1OC1O[C@H](CO)[C@@H](O)C(N)[C@H]1O. The van der Waals surface area contributed by atoms with E-state index in [-0.39, 0.29) is 19.5 Å². The average molecular weight is 489 g/mol. The van der Waals surface area contributed by atoms with E-state index in [1.54, 1.807) is 0 Å². The standard InChI is InChI=1S/C21H36N4O9/c1-2-3-25-11-5-10(23)18(33-20(31)8-4-12(27)9(8)6-22)17(30)19(11)34-21-16(29)14(24)15(28)13(7-26)32-21/h1,4,9-21,25-31H,3,5-7,22-24H2/t9?,10?,11-,12+,13-,14?,15-,16-,17?,18-,19-,20-,21?/m1/s1. The van der Waals surface area contributed by atoms with Crippen LogP contribution in [0.1, 0.15) is 6.42 Å². The molecule has 0 spiro atoms. The van der Waals surface area contributed by atoms with Crippen LogP contribution in [0.4, 0.5) is 0 Å². The predicted octanol–water partition coefficient (Wildman–Crippen LogP) is -5.60. The number of aliphatic hydroxyl groups is 6. The second-order valence-corrected chi connectivity index (χ2v) is 8.92. The van der Waals surface area contributed by atoms with E-state index in [1.165, 1.54) is 6.08 Å². The molecule has 0 aromatic carbocycles. The molecule has 3 aliphatic rings. The Morgan fingerprint density at radius 3 is 2.47 bits per heavy atom. The van der Waals surface area contributed by atoms with Gasteiger partial charge in [0, 0.05) is 24.5 Å². The molecule has 13 N–H and O–H groups in total. The van der Waals surface area contributed by atoms with Crippen molar-refractivity contribution in [1.82, 2.24) is 5.32 Å². The monoisotopic (exact) mass is 488 g/mol. The third-order valence-electron chi connectivity index (χ3n) is 6.74. The quantitative estimate of drug-likeness (QED) is 0.0828. The Morgan fingerprint density at radius 2 is 1.88 bits per heavy atom. The van der Waals surface area contributed by atoms with E-state index in [0.717, 1.165) is 0 Å². The molecule has 2 aliphatic carbocycles. The first kappa shape index (κ1) is 27.4. The van der Waals surface area contributed by atoms with E-state index in [9.17, 15) is 30.6 Å². The number of terminal acetylenes is 1. The average Bonchev–Trinajstić information content (AvgIpc) is 2.80. The molecule has 0 aromatic heterocycles. The third kappa shape index (κ3) is 5.45. The molecule has 0 amide bonds. The van der Waals surface area contributed by atoms with E-state index >= 15 is 0 Å². The van der Waals surface area contributed by atoms with Gasteiger partial charge in [-0.2, -0.15) is 0 Å². The van der Waals surface area contributed by atoms with Crippen molar-refractivity contribution in [3.05, 3.63) is 11.6 Å². The molecule has 5 unspecified atom stereocenters. The molecule has 194 valence electrons. The van der Waals surface area contributed by atoms with Gasteiger partial charge in [-0.25, -0.2) is 0 Å². The molecule has 0 aromatic rings. The lowest BCUT2D eigenvalue weighted by Crippen LogP contribution is -2.68. The van der Waals surface area contributed by atoms with Crippen molar-refractivity contribution in [3.63, 3.8) is 0 Å². The maximum Gasteiger partial charge on any atom is 0.186 e. The topological polar surface area (TPSA) is 239 Å². The van der Waals surface area contributed by atoms with Crippen molar-refractivity contribution in [2.75, 3.05) is 19.7 Å². The lowest BCUT2D eigenvalue weighted by atomic mass is 9.80. The highest BCUT2D eigenvalue weighted by molar-refractivity contribution is 5.26. The number of ether oxygens (including phenoxy) is 3. The van der Waals surface area contributed by atoms with Gasteiger partial charge in [-0.3, -0.25) is 0 Å². The summed E-state index contributed by atoms with van der Waals surface area (Å²) in [6.45, 7) is -0.336. The van der Waals surface area contributed by atoms with Gasteiger partial charge in [0.15, 0.2) is 12.6 Å². The zero-order valence-corrected chi connectivity index (χ0v) is 18.6. The van der Waals surface area contributed by atoms with E-state index in [2.05, 4.69) is 11.2 Å². The number of hydrogen-bond acceptors (Lipinski definition) is 13. The van der Waals surface area contributed by atoms with E-state index in [0.29, 0.717) is 5.57 Å². The minimum absolute atomic E-state index is 0.103. The van der Waals surface area contributed by atoms with Crippen molar-refractivity contribution in [3.8, 4) is 12.3 Å². The Morgan fingerprint density at radius 1 is 1.18 bits per heavy atom. The van der Waals surface area contributed by atoms with Crippen LogP contribution < -0.4 is 22.5 Å². The molecule has 13 nitrogen and oxygen atoms in total. The van der Waals surface area contributed by atoms with Crippen molar-refractivity contribution in [1.29, 1.82) is 0 Å². The molecule has 0 bridgehead atoms. The second-order valence-electron chi connectivity index (χ2n) is 8.92. The smallest absolute Gasteiger partial charge is 0.186 e. The van der Waals surface area contributed by atoms with Gasteiger partial charge in [-0.1, -0.05) is 12.0 Å². The molecule has 1 aliphatic heterocycles. The summed E-state index contributed by atoms with van der Waals surface area (Å²) >= 11 is 0. The van der Waals surface area contributed by atoms with Crippen LogP contribution in [0.15, 0.2) is 11.6 Å². The summed E-state index contributed by atoms with van der Waals surface area (Å²) in [7, 11) is 0. The summed E-state index contributed by atoms with van der Waals surface area (Å²) in [5.74, 6) is 1.95. The van der Waals surface area contributed by atoms with Crippen LogP contribution in [0.3, 0.4) is 0 Å². The zero-order valence-electron chi connectivity index (χ0n) is 18.6. The number of nitrogens with one attached hydrogen (secondary N) is 1. The fourth-order valence-corrected chi connectivity index (χ4v) is 4.65. The van der Waals surface area contributed by atoms with Crippen LogP contribution >= 0.6 is 0 Å².